The molecule has 0 bridgehead atoms. The van der Waals surface area contributed by atoms with E-state index in [0.717, 1.165) is 25.7 Å². The van der Waals surface area contributed by atoms with Gasteiger partial charge in [-0.15, -0.1) is 0 Å². The van der Waals surface area contributed by atoms with Crippen LogP contribution in [0.2, 0.25) is 0 Å². The van der Waals surface area contributed by atoms with Gasteiger partial charge in [0.2, 0.25) is 11.8 Å². The average molecular weight is 554 g/mol. The molecule has 12 heteroatoms. The number of carboxylic acid groups (broad SMARTS) is 1. The molecular weight excluding hydrogens is 515 g/mol. The van der Waals surface area contributed by atoms with E-state index in [0.29, 0.717) is 13.0 Å². The van der Waals surface area contributed by atoms with E-state index < -0.39 is 29.5 Å². The van der Waals surface area contributed by atoms with Crippen molar-refractivity contribution in [1.82, 2.24) is 24.7 Å². The topological polar surface area (TPSA) is 107 Å². The molecule has 0 radical (unpaired) electrons. The molecule has 3 heterocycles. The van der Waals surface area contributed by atoms with Crippen molar-refractivity contribution >= 4 is 17.9 Å². The van der Waals surface area contributed by atoms with Crippen LogP contribution < -0.4 is 0 Å². The Labute approximate surface area is 226 Å². The normalized spacial score (nSPS) is 21.3. The van der Waals surface area contributed by atoms with Crippen LogP contribution in [0.5, 0.6) is 0 Å². The number of alkyl halides is 3. The molecule has 2 aliphatic heterocycles. The lowest BCUT2D eigenvalue weighted by Crippen LogP contribution is -2.57. The maximum Gasteiger partial charge on any atom is 0.433 e. The van der Waals surface area contributed by atoms with Crippen molar-refractivity contribution in [3.05, 3.63) is 22.8 Å². The zero-order valence-electron chi connectivity index (χ0n) is 23.1. The van der Waals surface area contributed by atoms with E-state index in [9.17, 15) is 32.7 Å². The Morgan fingerprint density at radius 3 is 2.38 bits per heavy atom. The second kappa shape index (κ2) is 10.9. The number of carbonyl (C=O) groups excluding carboxylic acids is 2. The first-order valence-electron chi connectivity index (χ1n) is 13.7. The zero-order chi connectivity index (χ0) is 28.7. The van der Waals surface area contributed by atoms with Crippen LogP contribution in [0.25, 0.3) is 0 Å². The molecule has 0 unspecified atom stereocenters. The van der Waals surface area contributed by atoms with Gasteiger partial charge in [-0.3, -0.25) is 14.5 Å². The number of halogens is 3. The van der Waals surface area contributed by atoms with Crippen LogP contribution >= 0.6 is 0 Å². The van der Waals surface area contributed by atoms with Crippen LogP contribution in [0.3, 0.4) is 0 Å². The lowest BCUT2D eigenvalue weighted by Gasteiger charge is -2.43. The van der Waals surface area contributed by atoms with Gasteiger partial charge in [-0.2, -0.15) is 13.2 Å². The number of hydrogen-bond acceptors (Lipinski definition) is 5. The van der Waals surface area contributed by atoms with Crippen molar-refractivity contribution in [3.63, 3.8) is 0 Å². The number of hydrogen-bond donors (Lipinski definition) is 1. The summed E-state index contributed by atoms with van der Waals surface area (Å²) in [5.74, 6) is -0.111. The molecule has 0 spiro atoms. The van der Waals surface area contributed by atoms with Gasteiger partial charge in [0.1, 0.15) is 5.82 Å². The number of aromatic nitrogens is 2. The second-order valence-electron chi connectivity index (χ2n) is 12.2. The van der Waals surface area contributed by atoms with Crippen molar-refractivity contribution in [1.29, 1.82) is 0 Å². The molecule has 216 valence electrons. The number of likely N-dealkylation sites (tertiary alicyclic amines) is 1. The van der Waals surface area contributed by atoms with E-state index >= 15 is 0 Å². The van der Waals surface area contributed by atoms with Gasteiger partial charge >= 0.3 is 12.3 Å². The highest BCUT2D eigenvalue weighted by Gasteiger charge is 2.42. The minimum absolute atomic E-state index is 0.0286. The van der Waals surface area contributed by atoms with Crippen LogP contribution in [-0.4, -0.2) is 78.9 Å². The monoisotopic (exact) mass is 553 g/mol. The molecule has 1 N–H and O–H groups in total. The van der Waals surface area contributed by atoms with Crippen LogP contribution in [-0.2, 0) is 28.7 Å². The summed E-state index contributed by atoms with van der Waals surface area (Å²) in [6.07, 6.45) is -2.50. The molecule has 1 aliphatic carbocycles. The summed E-state index contributed by atoms with van der Waals surface area (Å²) in [7, 11) is 0. The Bertz CT molecular complexity index is 1120. The Balaban J connectivity index is 1.58. The van der Waals surface area contributed by atoms with Gasteiger partial charge in [-0.05, 0) is 52.4 Å². The highest BCUT2D eigenvalue weighted by Crippen LogP contribution is 2.39. The molecule has 9 nitrogen and oxygen atoms in total. The van der Waals surface area contributed by atoms with Gasteiger partial charge in [0, 0.05) is 49.5 Å². The Hall–Kier alpha value is -2.92. The van der Waals surface area contributed by atoms with Crippen molar-refractivity contribution in [2.24, 2.45) is 5.92 Å². The highest BCUT2D eigenvalue weighted by molar-refractivity contribution is 5.79. The van der Waals surface area contributed by atoms with E-state index in [1.807, 2.05) is 6.92 Å². The lowest BCUT2D eigenvalue weighted by atomic mass is 9.84. The summed E-state index contributed by atoms with van der Waals surface area (Å²) in [6, 6.07) is -0.813. The number of nitrogens with zero attached hydrogens (tertiary/aromatic N) is 5. The Kier molecular flexibility index (Phi) is 8.14. The smallest absolute Gasteiger partial charge is 0.433 e. The van der Waals surface area contributed by atoms with Gasteiger partial charge in [0.05, 0.1) is 18.3 Å². The van der Waals surface area contributed by atoms with E-state index in [1.54, 1.807) is 25.7 Å². The fourth-order valence-corrected chi connectivity index (χ4v) is 5.83. The SMILES string of the molecule is C[C@@H]1CCC(=O)N(C[C@H](CC(=O)N2CCc3c(nc(C4CCC4)nc3C(F)(F)F)C2)N(C(=O)O)C(C)(C)C)C1. The number of fused-ring (bicyclic) bond motifs is 1. The van der Waals surface area contributed by atoms with Gasteiger partial charge in [0.15, 0.2) is 5.69 Å². The van der Waals surface area contributed by atoms with E-state index in [-0.39, 0.29) is 73.2 Å². The van der Waals surface area contributed by atoms with Crippen molar-refractivity contribution in [3.8, 4) is 0 Å². The van der Waals surface area contributed by atoms with Crippen LogP contribution in [0.4, 0.5) is 18.0 Å². The number of carbonyl (C=O) groups is 3. The van der Waals surface area contributed by atoms with E-state index in [1.165, 1.54) is 9.80 Å². The molecule has 1 saturated heterocycles. The fraction of sp³-hybridized carbons (Fsp3) is 0.741. The van der Waals surface area contributed by atoms with Crippen molar-refractivity contribution in [2.45, 2.75) is 103 Å². The highest BCUT2D eigenvalue weighted by atomic mass is 19.4. The van der Waals surface area contributed by atoms with Crippen molar-refractivity contribution < 1.29 is 32.7 Å². The van der Waals surface area contributed by atoms with Crippen molar-refractivity contribution in [2.75, 3.05) is 19.6 Å². The first-order valence-corrected chi connectivity index (χ1v) is 13.7. The first-order chi connectivity index (χ1) is 18.1. The molecule has 0 aromatic carbocycles. The standard InChI is InChI=1S/C27H38F3N5O4/c1-16-8-9-21(36)34(13-16)14-18(35(25(38)39)26(2,3)4)12-22(37)33-11-10-19-20(15-33)31-24(17-6-5-7-17)32-23(19)27(28,29)30/h16-18H,5-15H2,1-4H3,(H,38,39)/t16-,18+/m1/s1. The number of amides is 3. The maximum atomic E-state index is 13.9. The third kappa shape index (κ3) is 6.46. The molecule has 3 amide bonds. The molecule has 2 fully saturated rings. The Morgan fingerprint density at radius 1 is 1.13 bits per heavy atom. The lowest BCUT2D eigenvalue weighted by molar-refractivity contribution is -0.142. The van der Waals surface area contributed by atoms with Gasteiger partial charge in [-0.1, -0.05) is 13.3 Å². The fourth-order valence-electron chi connectivity index (χ4n) is 5.83. The molecule has 1 saturated carbocycles. The first kappa shape index (κ1) is 29.1. The predicted molar refractivity (Wildman–Crippen MR) is 136 cm³/mol. The van der Waals surface area contributed by atoms with Crippen LogP contribution in [0.15, 0.2) is 0 Å². The Morgan fingerprint density at radius 2 is 1.82 bits per heavy atom. The largest absolute Gasteiger partial charge is 0.465 e. The minimum Gasteiger partial charge on any atom is -0.465 e. The summed E-state index contributed by atoms with van der Waals surface area (Å²) in [4.78, 5) is 51.2. The van der Waals surface area contributed by atoms with E-state index in [2.05, 4.69) is 9.97 Å². The average Bonchev–Trinajstić information content (AvgIpc) is 2.77. The quantitative estimate of drug-likeness (QED) is 0.558. The van der Waals surface area contributed by atoms with Crippen LogP contribution in [0, 0.1) is 5.92 Å². The molecule has 4 rings (SSSR count). The molecular formula is C27H38F3N5O4. The van der Waals surface area contributed by atoms with Gasteiger partial charge in [0.25, 0.3) is 0 Å². The van der Waals surface area contributed by atoms with Gasteiger partial charge in [-0.25, -0.2) is 14.8 Å². The maximum absolute atomic E-state index is 13.9. The second-order valence-corrected chi connectivity index (χ2v) is 12.2. The van der Waals surface area contributed by atoms with Gasteiger partial charge < -0.3 is 14.9 Å². The molecule has 2 atom stereocenters. The third-order valence-corrected chi connectivity index (χ3v) is 8.05. The third-order valence-electron chi connectivity index (χ3n) is 8.05. The summed E-state index contributed by atoms with van der Waals surface area (Å²) < 4.78 is 41.6. The molecule has 3 aliphatic rings. The number of rotatable bonds is 6. The summed E-state index contributed by atoms with van der Waals surface area (Å²) >= 11 is 0. The van der Waals surface area contributed by atoms with E-state index in [4.69, 9.17) is 0 Å². The number of piperidine rings is 1. The zero-order valence-corrected chi connectivity index (χ0v) is 23.1. The molecule has 1 aromatic rings. The minimum atomic E-state index is -4.62. The summed E-state index contributed by atoms with van der Waals surface area (Å²) in [5.41, 5.74) is -1.52. The van der Waals surface area contributed by atoms with Crippen LogP contribution in [0.1, 0.15) is 94.9 Å². The summed E-state index contributed by atoms with van der Waals surface area (Å²) in [6.45, 7) is 7.74. The molecule has 39 heavy (non-hydrogen) atoms. The summed E-state index contributed by atoms with van der Waals surface area (Å²) in [5, 5.41) is 10.1. The molecule has 1 aromatic heterocycles. The predicted octanol–water partition coefficient (Wildman–Crippen LogP) is 4.44.